The summed E-state index contributed by atoms with van der Waals surface area (Å²) in [7, 11) is 0. The Morgan fingerprint density at radius 2 is 2.15 bits per heavy atom. The molecule has 4 nitrogen and oxygen atoms in total. The summed E-state index contributed by atoms with van der Waals surface area (Å²) in [6.45, 7) is 4.35. The molecule has 0 saturated heterocycles. The summed E-state index contributed by atoms with van der Waals surface area (Å²) in [4.78, 5) is 24.0. The maximum atomic E-state index is 12.6. The highest BCUT2D eigenvalue weighted by atomic mass is 32.2. The number of hydrogen-bond acceptors (Lipinski definition) is 5. The highest BCUT2D eigenvalue weighted by Crippen LogP contribution is 2.40. The summed E-state index contributed by atoms with van der Waals surface area (Å²) in [5.41, 5.74) is 3.51. The van der Waals surface area contributed by atoms with Gasteiger partial charge in [-0.05, 0) is 48.8 Å². The van der Waals surface area contributed by atoms with Crippen LogP contribution in [0.25, 0.3) is 10.2 Å². The lowest BCUT2D eigenvalue weighted by Crippen LogP contribution is -2.16. The topological polar surface area (TPSA) is 54.9 Å². The molecule has 1 aromatic carbocycles. The molecule has 0 fully saturated rings. The highest BCUT2D eigenvalue weighted by molar-refractivity contribution is 8.00. The zero-order valence-corrected chi connectivity index (χ0v) is 17.3. The largest absolute Gasteiger partial charge is 0.325 e. The number of fused-ring (bicyclic) bond motifs is 3. The van der Waals surface area contributed by atoms with Crippen LogP contribution in [-0.2, 0) is 17.6 Å². The molecule has 6 heteroatoms. The quantitative estimate of drug-likeness (QED) is 0.445. The Hall–Kier alpha value is -1.92. The number of hydrogen-bond donors (Lipinski definition) is 1. The number of aromatic nitrogens is 2. The Kier molecular flexibility index (Phi) is 5.45. The van der Waals surface area contributed by atoms with Crippen LogP contribution in [0.3, 0.4) is 0 Å². The van der Waals surface area contributed by atoms with Crippen molar-refractivity contribution in [3.05, 3.63) is 46.6 Å². The van der Waals surface area contributed by atoms with Gasteiger partial charge in [-0.2, -0.15) is 0 Å². The first-order chi connectivity index (χ1) is 13.2. The molecular weight excluding hydrogens is 374 g/mol. The van der Waals surface area contributed by atoms with Crippen LogP contribution in [-0.4, -0.2) is 21.6 Å². The van der Waals surface area contributed by atoms with Crippen molar-refractivity contribution in [3.8, 4) is 0 Å². The minimum absolute atomic E-state index is 0.00869. The number of aryl methyl sites for hydroxylation is 2. The number of nitrogens with one attached hydrogen (secondary N) is 1. The first-order valence-corrected chi connectivity index (χ1v) is 11.2. The van der Waals surface area contributed by atoms with E-state index < -0.39 is 0 Å². The van der Waals surface area contributed by atoms with E-state index in [4.69, 9.17) is 0 Å². The molecule has 1 amide bonds. The van der Waals surface area contributed by atoms with Crippen LogP contribution >= 0.6 is 23.1 Å². The molecule has 0 bridgehead atoms. The number of rotatable bonds is 6. The van der Waals surface area contributed by atoms with E-state index in [2.05, 4.69) is 35.2 Å². The average Bonchev–Trinajstić information content (AvgIpc) is 3.27. The molecule has 1 unspecified atom stereocenters. The lowest BCUT2D eigenvalue weighted by molar-refractivity contribution is -0.113. The number of thiophene rings is 1. The lowest BCUT2D eigenvalue weighted by atomic mass is 9.97. The van der Waals surface area contributed by atoms with E-state index in [9.17, 15) is 4.79 Å². The van der Waals surface area contributed by atoms with Gasteiger partial charge in [0.15, 0.2) is 0 Å². The third kappa shape index (κ3) is 3.73. The van der Waals surface area contributed by atoms with Crippen LogP contribution in [0.15, 0.2) is 35.6 Å². The van der Waals surface area contributed by atoms with E-state index in [0.717, 1.165) is 34.8 Å². The molecule has 1 N–H and O–H groups in total. The highest BCUT2D eigenvalue weighted by Gasteiger charge is 2.21. The molecular formula is C21H23N3OS2. The van der Waals surface area contributed by atoms with Gasteiger partial charge >= 0.3 is 0 Å². The second kappa shape index (κ2) is 7.98. The molecule has 0 aliphatic heterocycles. The SMILES string of the molecule is CCC(C)c1ccccc1NC(=O)CSc1ncnc2sc3c(c12)CCC3. The normalized spacial score (nSPS) is 14.3. The Morgan fingerprint density at radius 1 is 1.30 bits per heavy atom. The van der Waals surface area contributed by atoms with Crippen molar-refractivity contribution in [2.75, 3.05) is 11.1 Å². The van der Waals surface area contributed by atoms with Gasteiger partial charge in [-0.25, -0.2) is 9.97 Å². The van der Waals surface area contributed by atoms with Gasteiger partial charge in [0, 0.05) is 16.0 Å². The molecule has 3 aromatic rings. The van der Waals surface area contributed by atoms with E-state index in [-0.39, 0.29) is 5.91 Å². The van der Waals surface area contributed by atoms with Gasteiger partial charge in [-0.15, -0.1) is 11.3 Å². The minimum Gasteiger partial charge on any atom is -0.325 e. The zero-order valence-electron chi connectivity index (χ0n) is 15.6. The van der Waals surface area contributed by atoms with Crippen molar-refractivity contribution in [1.29, 1.82) is 0 Å². The zero-order chi connectivity index (χ0) is 18.8. The van der Waals surface area contributed by atoms with Crippen molar-refractivity contribution in [1.82, 2.24) is 9.97 Å². The number of thioether (sulfide) groups is 1. The van der Waals surface area contributed by atoms with Crippen molar-refractivity contribution in [3.63, 3.8) is 0 Å². The Bertz CT molecular complexity index is 983. The van der Waals surface area contributed by atoms with Gasteiger partial charge in [0.25, 0.3) is 0 Å². The van der Waals surface area contributed by atoms with Crippen LogP contribution < -0.4 is 5.32 Å². The molecule has 1 atom stereocenters. The second-order valence-electron chi connectivity index (χ2n) is 6.95. The lowest BCUT2D eigenvalue weighted by Gasteiger charge is -2.15. The first kappa shape index (κ1) is 18.4. The molecule has 2 heterocycles. The summed E-state index contributed by atoms with van der Waals surface area (Å²) in [6.07, 6.45) is 6.12. The van der Waals surface area contributed by atoms with E-state index >= 15 is 0 Å². The van der Waals surface area contributed by atoms with Crippen molar-refractivity contribution < 1.29 is 4.79 Å². The van der Waals surface area contributed by atoms with Gasteiger partial charge in [-0.1, -0.05) is 43.8 Å². The number of benzene rings is 1. The van der Waals surface area contributed by atoms with Crippen molar-refractivity contribution >= 4 is 44.9 Å². The predicted octanol–water partition coefficient (Wildman–Crippen LogP) is 5.42. The fourth-order valence-electron chi connectivity index (χ4n) is 3.59. The van der Waals surface area contributed by atoms with Gasteiger partial charge in [0.2, 0.25) is 5.91 Å². The molecule has 1 aliphatic rings. The summed E-state index contributed by atoms with van der Waals surface area (Å²) in [5.74, 6) is 0.782. The van der Waals surface area contributed by atoms with Crippen LogP contribution in [0, 0.1) is 0 Å². The average molecular weight is 398 g/mol. The van der Waals surface area contributed by atoms with Gasteiger partial charge < -0.3 is 5.32 Å². The van der Waals surface area contributed by atoms with Crippen LogP contribution in [0.5, 0.6) is 0 Å². The smallest absolute Gasteiger partial charge is 0.234 e. The minimum atomic E-state index is 0.00869. The molecule has 2 aromatic heterocycles. The fraction of sp³-hybridized carbons (Fsp3) is 0.381. The molecule has 0 radical (unpaired) electrons. The number of amides is 1. The summed E-state index contributed by atoms with van der Waals surface area (Å²) in [6, 6.07) is 8.08. The van der Waals surface area contributed by atoms with Crippen molar-refractivity contribution in [2.45, 2.75) is 50.5 Å². The Balaban J connectivity index is 1.49. The summed E-state index contributed by atoms with van der Waals surface area (Å²) >= 11 is 3.29. The van der Waals surface area contributed by atoms with Crippen LogP contribution in [0.4, 0.5) is 5.69 Å². The van der Waals surface area contributed by atoms with E-state index in [1.165, 1.54) is 39.6 Å². The van der Waals surface area contributed by atoms with Crippen LogP contribution in [0.2, 0.25) is 0 Å². The number of para-hydroxylation sites is 1. The molecule has 1 aliphatic carbocycles. The third-order valence-electron chi connectivity index (χ3n) is 5.18. The maximum Gasteiger partial charge on any atom is 0.234 e. The third-order valence-corrected chi connectivity index (χ3v) is 7.37. The van der Waals surface area contributed by atoms with Crippen molar-refractivity contribution in [2.24, 2.45) is 0 Å². The van der Waals surface area contributed by atoms with E-state index in [0.29, 0.717) is 11.7 Å². The summed E-state index contributed by atoms with van der Waals surface area (Å²) < 4.78 is 0. The van der Waals surface area contributed by atoms with Gasteiger partial charge in [0.05, 0.1) is 5.75 Å². The molecule has 27 heavy (non-hydrogen) atoms. The first-order valence-electron chi connectivity index (χ1n) is 9.44. The molecule has 0 saturated carbocycles. The number of carbonyl (C=O) groups excluding carboxylic acids is 1. The monoisotopic (exact) mass is 397 g/mol. The Morgan fingerprint density at radius 3 is 3.00 bits per heavy atom. The summed E-state index contributed by atoms with van der Waals surface area (Å²) in [5, 5.41) is 5.20. The van der Waals surface area contributed by atoms with E-state index in [1.54, 1.807) is 17.7 Å². The van der Waals surface area contributed by atoms with Gasteiger partial charge in [-0.3, -0.25) is 4.79 Å². The maximum absolute atomic E-state index is 12.6. The Labute approximate surface area is 167 Å². The standard InChI is InChI=1S/C21H23N3OS2/c1-3-13(2)14-7-4-5-9-16(14)24-18(25)11-26-20-19-15-8-6-10-17(15)27-21(19)23-12-22-20/h4-5,7,9,12-13H,3,6,8,10-11H2,1-2H3,(H,24,25). The van der Waals surface area contributed by atoms with Crippen LogP contribution in [0.1, 0.15) is 48.6 Å². The number of anilines is 1. The predicted molar refractivity (Wildman–Crippen MR) is 114 cm³/mol. The second-order valence-corrected chi connectivity index (χ2v) is 9.00. The molecule has 4 rings (SSSR count). The van der Waals surface area contributed by atoms with E-state index in [1.807, 2.05) is 18.2 Å². The molecule has 0 spiro atoms. The number of nitrogens with zero attached hydrogens (tertiary/aromatic N) is 2. The molecule has 140 valence electrons. The van der Waals surface area contributed by atoms with Gasteiger partial charge in [0.1, 0.15) is 16.2 Å². The fourth-order valence-corrected chi connectivity index (χ4v) is 5.71. The number of carbonyl (C=O) groups is 1.